The van der Waals surface area contributed by atoms with Gasteiger partial charge in [-0.25, -0.2) is 9.59 Å². The molecule has 2 aliphatic rings. The highest BCUT2D eigenvalue weighted by molar-refractivity contribution is 6.20. The van der Waals surface area contributed by atoms with Crippen molar-refractivity contribution in [3.8, 4) is 0 Å². The third kappa shape index (κ3) is 4.16. The molecule has 0 spiro atoms. The molecule has 0 radical (unpaired) electrons. The summed E-state index contributed by atoms with van der Waals surface area (Å²) in [6.45, 7) is 5.82. The number of benzene rings is 1. The van der Waals surface area contributed by atoms with Crippen molar-refractivity contribution in [3.63, 3.8) is 0 Å². The standard InChI is InChI=1S/C20H24N2O6/c1-20(2,3)27-19(26)21-11-7-6-8-13(21)12-16(23)28-22-17(24)14-9-4-5-10-15(14)18(22)25/h4-5,9-10,13H,6-8,11-12H2,1-3H3/t13-/m1/s1. The van der Waals surface area contributed by atoms with Gasteiger partial charge in [0.25, 0.3) is 11.8 Å². The lowest BCUT2D eigenvalue weighted by molar-refractivity contribution is -0.170. The molecule has 150 valence electrons. The summed E-state index contributed by atoms with van der Waals surface area (Å²) >= 11 is 0. The molecule has 0 aromatic heterocycles. The number of hydrogen-bond acceptors (Lipinski definition) is 6. The molecule has 1 atom stereocenters. The monoisotopic (exact) mass is 388 g/mol. The highest BCUT2D eigenvalue weighted by atomic mass is 16.7. The number of carbonyl (C=O) groups is 4. The summed E-state index contributed by atoms with van der Waals surface area (Å²) in [5, 5.41) is 0.494. The molecule has 0 bridgehead atoms. The Bertz CT molecular complexity index is 778. The molecule has 0 unspecified atom stereocenters. The van der Waals surface area contributed by atoms with Crippen molar-refractivity contribution in [2.75, 3.05) is 6.54 Å². The molecule has 1 saturated heterocycles. The summed E-state index contributed by atoms with van der Waals surface area (Å²) in [7, 11) is 0. The summed E-state index contributed by atoms with van der Waals surface area (Å²) in [5.41, 5.74) is -0.235. The van der Waals surface area contributed by atoms with E-state index in [9.17, 15) is 19.2 Å². The fraction of sp³-hybridized carbons (Fsp3) is 0.500. The van der Waals surface area contributed by atoms with Gasteiger partial charge in [-0.05, 0) is 52.2 Å². The maximum atomic E-state index is 12.4. The molecule has 3 amide bonds. The smallest absolute Gasteiger partial charge is 0.410 e. The number of hydroxylamine groups is 2. The van der Waals surface area contributed by atoms with Crippen LogP contribution in [0, 0.1) is 0 Å². The lowest BCUT2D eigenvalue weighted by atomic mass is 10.00. The number of fused-ring (bicyclic) bond motifs is 1. The Morgan fingerprint density at radius 2 is 1.68 bits per heavy atom. The quantitative estimate of drug-likeness (QED) is 0.739. The Hall–Kier alpha value is -2.90. The number of carbonyl (C=O) groups excluding carboxylic acids is 4. The maximum absolute atomic E-state index is 12.4. The molecule has 28 heavy (non-hydrogen) atoms. The van der Waals surface area contributed by atoms with E-state index in [0.717, 1.165) is 12.8 Å². The topological polar surface area (TPSA) is 93.2 Å². The number of amides is 3. The summed E-state index contributed by atoms with van der Waals surface area (Å²) in [4.78, 5) is 56.1. The fourth-order valence-electron chi connectivity index (χ4n) is 3.36. The molecular formula is C20H24N2O6. The zero-order chi connectivity index (χ0) is 20.5. The van der Waals surface area contributed by atoms with Gasteiger partial charge in [0.2, 0.25) is 0 Å². The lowest BCUT2D eigenvalue weighted by Crippen LogP contribution is -2.47. The van der Waals surface area contributed by atoms with Gasteiger partial charge >= 0.3 is 12.1 Å². The van der Waals surface area contributed by atoms with Gasteiger partial charge in [-0.3, -0.25) is 9.59 Å². The van der Waals surface area contributed by atoms with Gasteiger partial charge in [0, 0.05) is 12.6 Å². The molecule has 0 N–H and O–H groups in total. The van der Waals surface area contributed by atoms with E-state index < -0.39 is 35.5 Å². The van der Waals surface area contributed by atoms with Gasteiger partial charge in [0.15, 0.2) is 0 Å². The molecule has 8 heteroatoms. The molecule has 8 nitrogen and oxygen atoms in total. The third-order valence-corrected chi connectivity index (χ3v) is 4.61. The zero-order valence-electron chi connectivity index (χ0n) is 16.3. The van der Waals surface area contributed by atoms with Crippen molar-refractivity contribution in [2.45, 2.75) is 58.1 Å². The Labute approximate surface area is 163 Å². The molecule has 2 heterocycles. The van der Waals surface area contributed by atoms with E-state index in [2.05, 4.69) is 0 Å². The molecular weight excluding hydrogens is 364 g/mol. The molecule has 0 saturated carbocycles. The van der Waals surface area contributed by atoms with Crippen LogP contribution in [0.25, 0.3) is 0 Å². The lowest BCUT2D eigenvalue weighted by Gasteiger charge is -2.36. The first-order valence-electron chi connectivity index (χ1n) is 9.35. The van der Waals surface area contributed by atoms with Crippen LogP contribution in [0.1, 0.15) is 67.2 Å². The summed E-state index contributed by atoms with van der Waals surface area (Å²) in [6, 6.07) is 5.89. The predicted octanol–water partition coefficient (Wildman–Crippen LogP) is 2.92. The maximum Gasteiger partial charge on any atom is 0.410 e. The average Bonchev–Trinajstić information content (AvgIpc) is 2.86. The number of piperidine rings is 1. The first kappa shape index (κ1) is 19.9. The minimum absolute atomic E-state index is 0.118. The molecule has 1 aromatic rings. The van der Waals surface area contributed by atoms with Crippen LogP contribution in [0.2, 0.25) is 0 Å². The first-order chi connectivity index (χ1) is 13.2. The minimum atomic E-state index is -0.741. The Balaban J connectivity index is 1.64. The number of ether oxygens (including phenoxy) is 1. The van der Waals surface area contributed by atoms with Crippen molar-refractivity contribution in [2.24, 2.45) is 0 Å². The molecule has 1 fully saturated rings. The molecule has 0 aliphatic carbocycles. The van der Waals surface area contributed by atoms with Crippen molar-refractivity contribution in [1.29, 1.82) is 0 Å². The Morgan fingerprint density at radius 1 is 1.07 bits per heavy atom. The van der Waals surface area contributed by atoms with Crippen molar-refractivity contribution in [3.05, 3.63) is 35.4 Å². The summed E-state index contributed by atoms with van der Waals surface area (Å²) in [5.74, 6) is -2.07. The third-order valence-electron chi connectivity index (χ3n) is 4.61. The van der Waals surface area contributed by atoms with E-state index in [0.29, 0.717) is 18.0 Å². The highest BCUT2D eigenvalue weighted by Gasteiger charge is 2.39. The van der Waals surface area contributed by atoms with Gasteiger partial charge in [0.1, 0.15) is 5.60 Å². The van der Waals surface area contributed by atoms with Gasteiger partial charge in [-0.1, -0.05) is 17.2 Å². The summed E-state index contributed by atoms with van der Waals surface area (Å²) in [6.07, 6.45) is 1.71. The van der Waals surface area contributed by atoms with E-state index in [1.807, 2.05) is 0 Å². The largest absolute Gasteiger partial charge is 0.444 e. The summed E-state index contributed by atoms with van der Waals surface area (Å²) < 4.78 is 5.42. The number of imide groups is 1. The van der Waals surface area contributed by atoms with Crippen LogP contribution in [-0.2, 0) is 14.4 Å². The van der Waals surface area contributed by atoms with E-state index in [1.54, 1.807) is 32.9 Å². The second kappa shape index (κ2) is 7.61. The molecule has 2 aliphatic heterocycles. The van der Waals surface area contributed by atoms with Gasteiger partial charge < -0.3 is 14.5 Å². The van der Waals surface area contributed by atoms with Crippen LogP contribution in [-0.4, -0.2) is 52.0 Å². The van der Waals surface area contributed by atoms with Gasteiger partial charge in [0.05, 0.1) is 17.5 Å². The number of nitrogens with zero attached hydrogens (tertiary/aromatic N) is 2. The van der Waals surface area contributed by atoms with E-state index in [-0.39, 0.29) is 17.5 Å². The predicted molar refractivity (Wildman–Crippen MR) is 98.2 cm³/mol. The van der Waals surface area contributed by atoms with Crippen LogP contribution in [0.4, 0.5) is 4.79 Å². The zero-order valence-corrected chi connectivity index (χ0v) is 16.3. The van der Waals surface area contributed by atoms with E-state index in [1.165, 1.54) is 17.0 Å². The highest BCUT2D eigenvalue weighted by Crippen LogP contribution is 2.25. The number of hydrogen-bond donors (Lipinski definition) is 0. The Morgan fingerprint density at radius 3 is 2.25 bits per heavy atom. The van der Waals surface area contributed by atoms with Crippen LogP contribution in [0.3, 0.4) is 0 Å². The van der Waals surface area contributed by atoms with Crippen LogP contribution < -0.4 is 0 Å². The van der Waals surface area contributed by atoms with Crippen LogP contribution in [0.15, 0.2) is 24.3 Å². The normalized spacial score (nSPS) is 19.5. The van der Waals surface area contributed by atoms with Gasteiger partial charge in [-0.2, -0.15) is 0 Å². The Kier molecular flexibility index (Phi) is 5.40. The molecule has 3 rings (SSSR count). The van der Waals surface area contributed by atoms with Crippen LogP contribution >= 0.6 is 0 Å². The van der Waals surface area contributed by atoms with Gasteiger partial charge in [-0.15, -0.1) is 0 Å². The SMILES string of the molecule is CC(C)(C)OC(=O)N1CCCC[C@@H]1CC(=O)ON1C(=O)c2ccccc2C1=O. The van der Waals surface area contributed by atoms with E-state index >= 15 is 0 Å². The average molecular weight is 388 g/mol. The minimum Gasteiger partial charge on any atom is -0.444 e. The first-order valence-corrected chi connectivity index (χ1v) is 9.35. The fourth-order valence-corrected chi connectivity index (χ4v) is 3.36. The van der Waals surface area contributed by atoms with Crippen molar-refractivity contribution >= 4 is 23.9 Å². The van der Waals surface area contributed by atoms with Crippen molar-refractivity contribution in [1.82, 2.24) is 9.96 Å². The van der Waals surface area contributed by atoms with Crippen LogP contribution in [0.5, 0.6) is 0 Å². The number of rotatable bonds is 3. The molecule has 1 aromatic carbocycles. The second-order valence-electron chi connectivity index (χ2n) is 7.94. The number of likely N-dealkylation sites (tertiary alicyclic amines) is 1. The second-order valence-corrected chi connectivity index (χ2v) is 7.94. The van der Waals surface area contributed by atoms with E-state index in [4.69, 9.17) is 9.57 Å². The van der Waals surface area contributed by atoms with Crippen molar-refractivity contribution < 1.29 is 28.8 Å².